The maximum atomic E-state index is 9.77. The number of likely N-dealkylation sites (tertiary alicyclic amines) is 1. The third-order valence-electron chi connectivity index (χ3n) is 6.28. The lowest BCUT2D eigenvalue weighted by molar-refractivity contribution is 0.313. The predicted octanol–water partition coefficient (Wildman–Crippen LogP) is 2.93. The molecular weight excluding hydrogens is 360 g/mol. The van der Waals surface area contributed by atoms with Gasteiger partial charge in [0, 0.05) is 57.1 Å². The van der Waals surface area contributed by atoms with Crippen molar-refractivity contribution in [3.05, 3.63) is 24.3 Å². The van der Waals surface area contributed by atoms with Gasteiger partial charge in [0.05, 0.1) is 17.6 Å². The molecule has 3 fully saturated rings. The Bertz CT molecular complexity index is 666. The van der Waals surface area contributed by atoms with E-state index in [0.29, 0.717) is 17.9 Å². The highest BCUT2D eigenvalue weighted by Crippen LogP contribution is 2.41. The standard InChI is InChI=1S/C20H30N4O2S/c21-7-1-2-8-22-13-17-15-24(16-18(17)14-22)20-5-3-19(4-6-20)23-9-11-27(25,26)12-10-23/h3-6,17-18,25-26H,1-2,8-16H2. The number of unbranched alkanes of at least 4 members (excludes halogenated alkanes) is 1. The van der Waals surface area contributed by atoms with E-state index in [9.17, 15) is 9.11 Å². The molecule has 3 aliphatic heterocycles. The summed E-state index contributed by atoms with van der Waals surface area (Å²) in [5, 5.41) is 8.69. The zero-order valence-corrected chi connectivity index (χ0v) is 16.7. The minimum absolute atomic E-state index is 0.481. The zero-order chi connectivity index (χ0) is 18.9. The highest BCUT2D eigenvalue weighted by atomic mass is 32.3. The Labute approximate surface area is 163 Å². The summed E-state index contributed by atoms with van der Waals surface area (Å²) in [5.41, 5.74) is 2.47. The molecule has 0 radical (unpaired) electrons. The first-order valence-electron chi connectivity index (χ1n) is 9.97. The van der Waals surface area contributed by atoms with Gasteiger partial charge in [-0.25, -0.2) is 0 Å². The number of anilines is 2. The van der Waals surface area contributed by atoms with E-state index in [2.05, 4.69) is 45.0 Å². The van der Waals surface area contributed by atoms with Crippen molar-refractivity contribution in [1.29, 1.82) is 5.26 Å². The summed E-state index contributed by atoms with van der Waals surface area (Å²) in [5.74, 6) is 2.46. The molecule has 0 bridgehead atoms. The number of benzene rings is 1. The van der Waals surface area contributed by atoms with Gasteiger partial charge in [0.2, 0.25) is 0 Å². The van der Waals surface area contributed by atoms with Crippen LogP contribution in [0.3, 0.4) is 0 Å². The van der Waals surface area contributed by atoms with Crippen molar-refractivity contribution in [2.45, 2.75) is 12.8 Å². The number of hydrogen-bond donors (Lipinski definition) is 2. The Balaban J connectivity index is 1.29. The second-order valence-electron chi connectivity index (χ2n) is 8.16. The lowest BCUT2D eigenvalue weighted by Gasteiger charge is -2.42. The molecule has 148 valence electrons. The van der Waals surface area contributed by atoms with Gasteiger partial charge in [0.1, 0.15) is 0 Å². The summed E-state index contributed by atoms with van der Waals surface area (Å²) < 4.78 is 19.5. The van der Waals surface area contributed by atoms with Crippen molar-refractivity contribution < 1.29 is 9.11 Å². The van der Waals surface area contributed by atoms with Crippen LogP contribution in [-0.2, 0) is 0 Å². The van der Waals surface area contributed by atoms with E-state index in [0.717, 1.165) is 51.0 Å². The molecule has 3 heterocycles. The summed E-state index contributed by atoms with van der Waals surface area (Å²) in [7, 11) is -2.34. The van der Waals surface area contributed by atoms with Gasteiger partial charge in [0.25, 0.3) is 0 Å². The maximum absolute atomic E-state index is 9.77. The van der Waals surface area contributed by atoms with Crippen LogP contribution in [0.1, 0.15) is 12.8 Å². The predicted molar refractivity (Wildman–Crippen MR) is 112 cm³/mol. The Morgan fingerprint density at radius 1 is 0.926 bits per heavy atom. The average Bonchev–Trinajstić information content (AvgIpc) is 3.21. The van der Waals surface area contributed by atoms with Crippen molar-refractivity contribution in [2.75, 3.05) is 67.1 Å². The van der Waals surface area contributed by atoms with Crippen molar-refractivity contribution in [3.63, 3.8) is 0 Å². The Kier molecular flexibility index (Phi) is 5.51. The molecule has 2 atom stereocenters. The Hall–Kier alpha value is -1.46. The summed E-state index contributed by atoms with van der Waals surface area (Å²) in [6.45, 7) is 7.10. The molecular formula is C20H30N4O2S. The minimum atomic E-state index is -2.34. The fourth-order valence-electron chi connectivity index (χ4n) is 4.72. The SMILES string of the molecule is N#CCCCN1CC2CN(c3ccc(N4CCS(O)(O)CC4)cc3)CC2C1. The van der Waals surface area contributed by atoms with E-state index >= 15 is 0 Å². The van der Waals surface area contributed by atoms with Gasteiger partial charge in [-0.1, -0.05) is 0 Å². The van der Waals surface area contributed by atoms with Crippen LogP contribution in [0.25, 0.3) is 0 Å². The van der Waals surface area contributed by atoms with Gasteiger partial charge in [-0.15, -0.1) is 0 Å². The average molecular weight is 391 g/mol. The number of nitrogens with zero attached hydrogens (tertiary/aromatic N) is 4. The molecule has 6 nitrogen and oxygen atoms in total. The molecule has 1 aromatic rings. The largest absolute Gasteiger partial charge is 0.371 e. The van der Waals surface area contributed by atoms with Crippen LogP contribution in [-0.4, -0.2) is 71.3 Å². The van der Waals surface area contributed by atoms with E-state index < -0.39 is 10.6 Å². The number of rotatable bonds is 5. The van der Waals surface area contributed by atoms with E-state index in [1.807, 2.05) is 0 Å². The third kappa shape index (κ3) is 4.35. The molecule has 0 spiro atoms. The topological polar surface area (TPSA) is 74.0 Å². The molecule has 0 aliphatic carbocycles. The molecule has 3 saturated heterocycles. The molecule has 27 heavy (non-hydrogen) atoms. The second kappa shape index (κ2) is 7.88. The first-order chi connectivity index (χ1) is 13.0. The number of hydrogen-bond acceptors (Lipinski definition) is 6. The normalized spacial score (nSPS) is 28.8. The first-order valence-corrected chi connectivity index (χ1v) is 11.9. The summed E-state index contributed by atoms with van der Waals surface area (Å²) >= 11 is 0. The van der Waals surface area contributed by atoms with Crippen molar-refractivity contribution in [3.8, 4) is 6.07 Å². The van der Waals surface area contributed by atoms with Gasteiger partial charge < -0.3 is 14.7 Å². The number of nitriles is 1. The van der Waals surface area contributed by atoms with Crippen LogP contribution in [0, 0.1) is 23.2 Å². The van der Waals surface area contributed by atoms with Gasteiger partial charge in [0.15, 0.2) is 0 Å². The van der Waals surface area contributed by atoms with E-state index in [1.165, 1.54) is 24.5 Å². The van der Waals surface area contributed by atoms with E-state index in [4.69, 9.17) is 5.26 Å². The van der Waals surface area contributed by atoms with Gasteiger partial charge in [-0.2, -0.15) is 15.9 Å². The summed E-state index contributed by atoms with van der Waals surface area (Å²) in [6, 6.07) is 11.0. The molecule has 0 aromatic heterocycles. The van der Waals surface area contributed by atoms with Crippen molar-refractivity contribution >= 4 is 22.0 Å². The highest BCUT2D eigenvalue weighted by Gasteiger charge is 2.39. The van der Waals surface area contributed by atoms with Gasteiger partial charge >= 0.3 is 0 Å². The molecule has 3 aliphatic rings. The van der Waals surface area contributed by atoms with Gasteiger partial charge in [-0.05, 0) is 49.1 Å². The maximum Gasteiger partial charge on any atom is 0.0622 e. The molecule has 2 unspecified atom stereocenters. The summed E-state index contributed by atoms with van der Waals surface area (Å²) in [6.07, 6.45) is 1.66. The lowest BCUT2D eigenvalue weighted by atomic mass is 10.0. The Morgan fingerprint density at radius 3 is 2.04 bits per heavy atom. The summed E-state index contributed by atoms with van der Waals surface area (Å²) in [4.78, 5) is 7.30. The van der Waals surface area contributed by atoms with E-state index in [-0.39, 0.29) is 0 Å². The quantitative estimate of drug-likeness (QED) is 0.753. The monoisotopic (exact) mass is 390 g/mol. The van der Waals surface area contributed by atoms with Crippen molar-refractivity contribution in [1.82, 2.24) is 4.90 Å². The van der Waals surface area contributed by atoms with E-state index in [1.54, 1.807) is 0 Å². The van der Waals surface area contributed by atoms with Crippen LogP contribution in [0.4, 0.5) is 11.4 Å². The lowest BCUT2D eigenvalue weighted by Crippen LogP contribution is -2.38. The van der Waals surface area contributed by atoms with Crippen LogP contribution in [0.15, 0.2) is 24.3 Å². The fraction of sp³-hybridized carbons (Fsp3) is 0.650. The van der Waals surface area contributed by atoms with Crippen LogP contribution in [0.5, 0.6) is 0 Å². The molecule has 2 N–H and O–H groups in total. The zero-order valence-electron chi connectivity index (χ0n) is 15.8. The van der Waals surface area contributed by atoms with Crippen LogP contribution < -0.4 is 9.80 Å². The van der Waals surface area contributed by atoms with Gasteiger partial charge in [-0.3, -0.25) is 9.11 Å². The van der Waals surface area contributed by atoms with Crippen molar-refractivity contribution in [2.24, 2.45) is 11.8 Å². The molecule has 0 saturated carbocycles. The minimum Gasteiger partial charge on any atom is -0.371 e. The first kappa shape index (κ1) is 18.9. The van der Waals surface area contributed by atoms with Crippen LogP contribution in [0.2, 0.25) is 0 Å². The number of fused-ring (bicyclic) bond motifs is 1. The fourth-order valence-corrected chi connectivity index (χ4v) is 5.95. The molecule has 1 aromatic carbocycles. The highest BCUT2D eigenvalue weighted by molar-refractivity contribution is 8.24. The molecule has 7 heteroatoms. The molecule has 4 rings (SSSR count). The second-order valence-corrected chi connectivity index (χ2v) is 10.6. The molecule has 0 amide bonds. The third-order valence-corrected chi connectivity index (χ3v) is 7.95. The van der Waals surface area contributed by atoms with Crippen LogP contribution >= 0.6 is 10.6 Å². The Morgan fingerprint density at radius 2 is 1.48 bits per heavy atom. The smallest absolute Gasteiger partial charge is 0.0622 e.